The molecule has 0 aromatic carbocycles. The van der Waals surface area contributed by atoms with Gasteiger partial charge in [0.05, 0.1) is 30.6 Å². The molecule has 7 heteroatoms. The molecule has 106 valence electrons. The van der Waals surface area contributed by atoms with E-state index < -0.39 is 0 Å². The second-order valence-corrected chi connectivity index (χ2v) is 4.76. The summed E-state index contributed by atoms with van der Waals surface area (Å²) < 4.78 is 6.81. The van der Waals surface area contributed by atoms with E-state index in [1.165, 1.54) is 0 Å². The van der Waals surface area contributed by atoms with Gasteiger partial charge in [-0.05, 0) is 19.1 Å². The molecule has 0 amide bonds. The molecular weight excluding hydrogens is 274 g/mol. The second-order valence-electron chi connectivity index (χ2n) is 4.32. The Hall–Kier alpha value is -1.99. The van der Waals surface area contributed by atoms with Crippen LogP contribution in [0, 0.1) is 6.92 Å². The van der Waals surface area contributed by atoms with Crippen LogP contribution < -0.4 is 11.1 Å². The number of aromatic nitrogens is 3. The molecule has 3 N–H and O–H groups in total. The van der Waals surface area contributed by atoms with Gasteiger partial charge in [-0.2, -0.15) is 5.10 Å². The number of ether oxygens (including phenoxy) is 1. The van der Waals surface area contributed by atoms with Crippen LogP contribution in [0.1, 0.15) is 11.3 Å². The van der Waals surface area contributed by atoms with Gasteiger partial charge in [0.15, 0.2) is 0 Å². The zero-order chi connectivity index (χ0) is 14.5. The monoisotopic (exact) mass is 291 g/mol. The molecule has 0 aliphatic rings. The van der Waals surface area contributed by atoms with Gasteiger partial charge in [-0.15, -0.1) is 0 Å². The van der Waals surface area contributed by atoms with Crippen molar-refractivity contribution in [2.24, 2.45) is 5.73 Å². The van der Waals surface area contributed by atoms with Gasteiger partial charge in [0.25, 0.3) is 0 Å². The molecule has 2 aromatic rings. The molecule has 0 aliphatic carbocycles. The highest BCUT2D eigenvalue weighted by Crippen LogP contribution is 2.19. The van der Waals surface area contributed by atoms with Gasteiger partial charge in [0, 0.05) is 19.0 Å². The fourth-order valence-corrected chi connectivity index (χ4v) is 1.89. The van der Waals surface area contributed by atoms with E-state index in [1.807, 2.05) is 25.3 Å². The number of nitrogens with one attached hydrogen (secondary N) is 1. The van der Waals surface area contributed by atoms with E-state index in [2.05, 4.69) is 15.4 Å². The van der Waals surface area contributed by atoms with Crippen LogP contribution in [0.25, 0.3) is 0 Å². The third-order valence-corrected chi connectivity index (χ3v) is 2.94. The molecule has 0 atom stereocenters. The van der Waals surface area contributed by atoms with Crippen molar-refractivity contribution in [2.45, 2.75) is 13.5 Å². The molecule has 6 nitrogen and oxygen atoms in total. The highest BCUT2D eigenvalue weighted by atomic mass is 32.1. The standard InChI is InChI=1S/C13H17N5OS/c1-9-3-4-11(12(14)20)13(16-9)17-10-7-15-18(8-10)5-6-19-2/h3-4,7-8H,5-6H2,1-2H3,(H2,14,20)(H,16,17). The third kappa shape index (κ3) is 3.52. The fraction of sp³-hybridized carbons (Fsp3) is 0.308. The zero-order valence-corrected chi connectivity index (χ0v) is 12.3. The SMILES string of the molecule is COCCn1cc(Nc2nc(C)ccc2C(N)=S)cn1. The number of nitrogens with two attached hydrogens (primary N) is 1. The second kappa shape index (κ2) is 6.44. The molecule has 0 bridgehead atoms. The predicted octanol–water partition coefficient (Wildman–Crippen LogP) is 1.61. The molecule has 0 radical (unpaired) electrons. The number of anilines is 2. The summed E-state index contributed by atoms with van der Waals surface area (Å²) >= 11 is 5.03. The van der Waals surface area contributed by atoms with Crippen molar-refractivity contribution < 1.29 is 4.74 Å². The Morgan fingerprint density at radius 1 is 1.50 bits per heavy atom. The molecule has 2 rings (SSSR count). The van der Waals surface area contributed by atoms with E-state index in [4.69, 9.17) is 22.7 Å². The quantitative estimate of drug-likeness (QED) is 0.787. The summed E-state index contributed by atoms with van der Waals surface area (Å²) in [7, 11) is 1.66. The summed E-state index contributed by atoms with van der Waals surface area (Å²) in [6.07, 6.45) is 3.61. The van der Waals surface area contributed by atoms with Crippen molar-refractivity contribution in [3.8, 4) is 0 Å². The first-order chi connectivity index (χ1) is 9.60. The van der Waals surface area contributed by atoms with E-state index in [9.17, 15) is 0 Å². The highest BCUT2D eigenvalue weighted by Gasteiger charge is 2.08. The minimum Gasteiger partial charge on any atom is -0.389 e. The van der Waals surface area contributed by atoms with Gasteiger partial charge < -0.3 is 15.8 Å². The molecule has 2 aromatic heterocycles. The first-order valence-corrected chi connectivity index (χ1v) is 6.57. The maximum atomic E-state index is 5.70. The van der Waals surface area contributed by atoms with Crippen LogP contribution in [-0.2, 0) is 11.3 Å². The topological polar surface area (TPSA) is 78.0 Å². The number of rotatable bonds is 6. The van der Waals surface area contributed by atoms with Crippen LogP contribution >= 0.6 is 12.2 Å². The van der Waals surface area contributed by atoms with E-state index in [-0.39, 0.29) is 0 Å². The lowest BCUT2D eigenvalue weighted by Gasteiger charge is -2.09. The Morgan fingerprint density at radius 2 is 2.30 bits per heavy atom. The smallest absolute Gasteiger partial charge is 0.140 e. The number of thiocarbonyl (C=S) groups is 1. The molecule has 0 fully saturated rings. The summed E-state index contributed by atoms with van der Waals surface area (Å²) in [5, 5.41) is 7.42. The Bertz CT molecular complexity index is 611. The maximum absolute atomic E-state index is 5.70. The molecule has 0 saturated carbocycles. The molecule has 0 saturated heterocycles. The van der Waals surface area contributed by atoms with E-state index in [1.54, 1.807) is 18.0 Å². The summed E-state index contributed by atoms with van der Waals surface area (Å²) in [4.78, 5) is 4.73. The molecule has 0 unspecified atom stereocenters. The van der Waals surface area contributed by atoms with Gasteiger partial charge >= 0.3 is 0 Å². The molecular formula is C13H17N5OS. The van der Waals surface area contributed by atoms with Crippen molar-refractivity contribution >= 4 is 28.7 Å². The summed E-state index contributed by atoms with van der Waals surface area (Å²) in [6.45, 7) is 3.22. The Balaban J connectivity index is 2.19. The minimum atomic E-state index is 0.312. The average Bonchev–Trinajstić information content (AvgIpc) is 2.83. The number of nitrogens with zero attached hydrogens (tertiary/aromatic N) is 3. The first kappa shape index (κ1) is 14.4. The molecule has 20 heavy (non-hydrogen) atoms. The maximum Gasteiger partial charge on any atom is 0.140 e. The minimum absolute atomic E-state index is 0.312. The summed E-state index contributed by atoms with van der Waals surface area (Å²) in [5.74, 6) is 0.642. The molecule has 0 spiro atoms. The average molecular weight is 291 g/mol. The Morgan fingerprint density at radius 3 is 3.00 bits per heavy atom. The Labute approximate surface area is 123 Å². The number of aryl methyl sites for hydroxylation is 1. The van der Waals surface area contributed by atoms with Crippen molar-refractivity contribution in [3.05, 3.63) is 35.8 Å². The van der Waals surface area contributed by atoms with Crippen molar-refractivity contribution in [1.29, 1.82) is 0 Å². The Kier molecular flexibility index (Phi) is 4.65. The lowest BCUT2D eigenvalue weighted by atomic mass is 10.2. The van der Waals surface area contributed by atoms with E-state index in [0.29, 0.717) is 24.0 Å². The van der Waals surface area contributed by atoms with Crippen LogP contribution in [0.5, 0.6) is 0 Å². The van der Waals surface area contributed by atoms with Crippen LogP contribution in [0.4, 0.5) is 11.5 Å². The van der Waals surface area contributed by atoms with Crippen LogP contribution in [0.15, 0.2) is 24.5 Å². The van der Waals surface area contributed by atoms with Crippen LogP contribution in [0.3, 0.4) is 0 Å². The first-order valence-electron chi connectivity index (χ1n) is 6.16. The van der Waals surface area contributed by atoms with Crippen molar-refractivity contribution in [1.82, 2.24) is 14.8 Å². The third-order valence-electron chi connectivity index (χ3n) is 2.72. The van der Waals surface area contributed by atoms with Gasteiger partial charge in [0.1, 0.15) is 10.8 Å². The lowest BCUT2D eigenvalue weighted by molar-refractivity contribution is 0.183. The number of pyridine rings is 1. The van der Waals surface area contributed by atoms with Crippen LogP contribution in [-0.4, -0.2) is 33.5 Å². The van der Waals surface area contributed by atoms with Crippen molar-refractivity contribution in [2.75, 3.05) is 19.0 Å². The summed E-state index contributed by atoms with van der Waals surface area (Å²) in [5.41, 5.74) is 8.14. The largest absolute Gasteiger partial charge is 0.389 e. The van der Waals surface area contributed by atoms with E-state index >= 15 is 0 Å². The van der Waals surface area contributed by atoms with Crippen LogP contribution in [0.2, 0.25) is 0 Å². The number of methoxy groups -OCH3 is 1. The molecule has 2 heterocycles. The van der Waals surface area contributed by atoms with Crippen molar-refractivity contribution in [3.63, 3.8) is 0 Å². The normalized spacial score (nSPS) is 10.5. The van der Waals surface area contributed by atoms with Gasteiger partial charge in [-0.25, -0.2) is 4.98 Å². The predicted molar refractivity (Wildman–Crippen MR) is 82.2 cm³/mol. The number of hydrogen-bond donors (Lipinski definition) is 2. The lowest BCUT2D eigenvalue weighted by Crippen LogP contribution is -2.13. The number of hydrogen-bond acceptors (Lipinski definition) is 5. The highest BCUT2D eigenvalue weighted by molar-refractivity contribution is 7.80. The van der Waals surface area contributed by atoms with Gasteiger partial charge in [-0.3, -0.25) is 4.68 Å². The molecule has 0 aliphatic heterocycles. The van der Waals surface area contributed by atoms with Gasteiger partial charge in [0.2, 0.25) is 0 Å². The zero-order valence-electron chi connectivity index (χ0n) is 11.5. The van der Waals surface area contributed by atoms with Gasteiger partial charge in [-0.1, -0.05) is 12.2 Å². The fourth-order valence-electron chi connectivity index (χ4n) is 1.72. The summed E-state index contributed by atoms with van der Waals surface area (Å²) in [6, 6.07) is 3.74. The van der Waals surface area contributed by atoms with E-state index in [0.717, 1.165) is 16.9 Å².